The second kappa shape index (κ2) is 5.07. The first-order valence-corrected chi connectivity index (χ1v) is 7.71. The average Bonchev–Trinajstić information content (AvgIpc) is 2.89. The Hall–Kier alpha value is -1.91. The minimum atomic E-state index is -0.289. The lowest BCUT2D eigenvalue weighted by Gasteiger charge is -2.05. The zero-order valence-electron chi connectivity index (χ0n) is 11.3. The third-order valence-electron chi connectivity index (χ3n) is 3.73. The molecular weight excluding hydrogens is 324 g/mol. The summed E-state index contributed by atoms with van der Waals surface area (Å²) in [7, 11) is 0. The number of halogens is 3. The van der Waals surface area contributed by atoms with E-state index in [2.05, 4.69) is 15.0 Å². The second-order valence-corrected chi connectivity index (χ2v) is 5.80. The predicted octanol–water partition coefficient (Wildman–Crippen LogP) is 4.84. The van der Waals surface area contributed by atoms with Crippen molar-refractivity contribution in [2.45, 2.75) is 6.42 Å². The van der Waals surface area contributed by atoms with Gasteiger partial charge in [-0.3, -0.25) is 4.98 Å². The molecule has 3 nitrogen and oxygen atoms in total. The maximum atomic E-state index is 14.3. The molecule has 0 bridgehead atoms. The molecule has 0 aliphatic carbocycles. The average molecular weight is 334 g/mol. The number of alkyl halides is 1. The molecule has 0 saturated carbocycles. The van der Waals surface area contributed by atoms with Gasteiger partial charge in [0.25, 0.3) is 0 Å². The number of H-pyrrole nitrogens is 1. The molecule has 4 rings (SSSR count). The molecule has 6 heteroatoms. The number of aromatic nitrogens is 3. The molecule has 0 saturated heterocycles. The summed E-state index contributed by atoms with van der Waals surface area (Å²) in [6.45, 7) is 0. The Morgan fingerprint density at radius 2 is 1.95 bits per heavy atom. The Kier molecular flexibility index (Phi) is 3.17. The van der Waals surface area contributed by atoms with Gasteiger partial charge in [0.15, 0.2) is 0 Å². The van der Waals surface area contributed by atoms with Crippen LogP contribution in [0.5, 0.6) is 0 Å². The summed E-state index contributed by atoms with van der Waals surface area (Å²) >= 11 is 11.9. The van der Waals surface area contributed by atoms with Crippen LogP contribution < -0.4 is 0 Å². The van der Waals surface area contributed by atoms with Gasteiger partial charge in [-0.05, 0) is 24.3 Å². The van der Waals surface area contributed by atoms with Crippen molar-refractivity contribution >= 4 is 56.0 Å². The number of benzene rings is 1. The lowest BCUT2D eigenvalue weighted by molar-refractivity contribution is 0.640. The highest BCUT2D eigenvalue weighted by molar-refractivity contribution is 6.30. The van der Waals surface area contributed by atoms with E-state index in [-0.39, 0.29) is 5.82 Å². The third kappa shape index (κ3) is 1.95. The van der Waals surface area contributed by atoms with Crippen molar-refractivity contribution < 1.29 is 4.39 Å². The topological polar surface area (TPSA) is 41.6 Å². The predicted molar refractivity (Wildman–Crippen MR) is 88.3 cm³/mol. The van der Waals surface area contributed by atoms with Crippen molar-refractivity contribution in [1.29, 1.82) is 0 Å². The second-order valence-electron chi connectivity index (χ2n) is 5.04. The Labute approximate surface area is 135 Å². The highest BCUT2D eigenvalue weighted by Gasteiger charge is 2.17. The molecule has 1 aromatic carbocycles. The zero-order valence-corrected chi connectivity index (χ0v) is 12.8. The summed E-state index contributed by atoms with van der Waals surface area (Å²) in [4.78, 5) is 12.2. The molecule has 0 spiro atoms. The van der Waals surface area contributed by atoms with E-state index in [9.17, 15) is 4.39 Å². The number of pyridine rings is 2. The van der Waals surface area contributed by atoms with Crippen LogP contribution in [0.4, 0.5) is 4.39 Å². The minimum Gasteiger partial charge on any atom is -0.353 e. The van der Waals surface area contributed by atoms with Crippen LogP contribution in [0.15, 0.2) is 30.3 Å². The van der Waals surface area contributed by atoms with Gasteiger partial charge in [0.1, 0.15) is 16.5 Å². The molecule has 0 fully saturated rings. The molecule has 0 amide bonds. The number of hydrogen-bond acceptors (Lipinski definition) is 2. The summed E-state index contributed by atoms with van der Waals surface area (Å²) in [6, 6.07) is 8.44. The summed E-state index contributed by atoms with van der Waals surface area (Å²) < 4.78 is 14.3. The number of nitrogens with zero attached hydrogens (tertiary/aromatic N) is 2. The number of nitrogens with one attached hydrogen (secondary N) is 1. The molecule has 110 valence electrons. The summed E-state index contributed by atoms with van der Waals surface area (Å²) in [5, 5.41) is 1.63. The van der Waals surface area contributed by atoms with E-state index in [0.29, 0.717) is 39.4 Å². The van der Waals surface area contributed by atoms with Gasteiger partial charge >= 0.3 is 0 Å². The van der Waals surface area contributed by atoms with Gasteiger partial charge in [0, 0.05) is 28.6 Å². The number of aromatic amines is 1. The van der Waals surface area contributed by atoms with Crippen molar-refractivity contribution in [3.05, 3.63) is 47.0 Å². The molecule has 3 heterocycles. The van der Waals surface area contributed by atoms with Crippen molar-refractivity contribution in [2.75, 3.05) is 5.88 Å². The van der Waals surface area contributed by atoms with Gasteiger partial charge in [-0.15, -0.1) is 11.6 Å². The number of fused-ring (bicyclic) bond motifs is 5. The van der Waals surface area contributed by atoms with Crippen molar-refractivity contribution in [3.8, 4) is 0 Å². The van der Waals surface area contributed by atoms with Crippen LogP contribution in [-0.4, -0.2) is 20.8 Å². The van der Waals surface area contributed by atoms with E-state index in [1.54, 1.807) is 12.1 Å². The van der Waals surface area contributed by atoms with Crippen LogP contribution >= 0.6 is 23.2 Å². The Morgan fingerprint density at radius 1 is 1.09 bits per heavy atom. The number of aryl methyl sites for hydroxylation is 1. The first-order chi connectivity index (χ1) is 10.7. The summed E-state index contributed by atoms with van der Waals surface area (Å²) in [5.41, 5.74) is 3.56. The Bertz CT molecular complexity index is 1030. The fourth-order valence-electron chi connectivity index (χ4n) is 2.84. The van der Waals surface area contributed by atoms with Crippen LogP contribution in [0, 0.1) is 5.82 Å². The van der Waals surface area contributed by atoms with E-state index in [4.69, 9.17) is 23.2 Å². The molecule has 3 aromatic heterocycles. The molecule has 4 aromatic rings. The minimum absolute atomic E-state index is 0.289. The smallest absolute Gasteiger partial charge is 0.133 e. The highest BCUT2D eigenvalue weighted by atomic mass is 35.5. The molecule has 0 aliphatic rings. The maximum absolute atomic E-state index is 14.3. The van der Waals surface area contributed by atoms with E-state index in [1.165, 1.54) is 6.07 Å². The standard InChI is InChI=1S/C16H10Cl2FN3/c17-7-6-10-14-13-8(19)2-1-3-9(13)21-16(14)15-11(20-10)4-5-12(18)22-15/h1-5,21H,6-7H2. The van der Waals surface area contributed by atoms with Crippen LogP contribution in [0.3, 0.4) is 0 Å². The summed E-state index contributed by atoms with van der Waals surface area (Å²) in [6.07, 6.45) is 0.553. The van der Waals surface area contributed by atoms with Crippen LogP contribution in [0.2, 0.25) is 5.15 Å². The van der Waals surface area contributed by atoms with E-state index < -0.39 is 0 Å². The SMILES string of the molecule is Fc1cccc2[nH]c3c4nc(Cl)ccc4nc(CCCl)c3c12. The van der Waals surface area contributed by atoms with Gasteiger partial charge < -0.3 is 4.98 Å². The fraction of sp³-hybridized carbons (Fsp3) is 0.125. The quantitative estimate of drug-likeness (QED) is 0.421. The van der Waals surface area contributed by atoms with Gasteiger partial charge in [0.05, 0.1) is 16.7 Å². The van der Waals surface area contributed by atoms with Crippen LogP contribution in [0.1, 0.15) is 5.69 Å². The first-order valence-electron chi connectivity index (χ1n) is 6.80. The van der Waals surface area contributed by atoms with E-state index in [0.717, 1.165) is 16.6 Å². The zero-order chi connectivity index (χ0) is 15.3. The van der Waals surface area contributed by atoms with Gasteiger partial charge in [-0.25, -0.2) is 9.37 Å². The van der Waals surface area contributed by atoms with Crippen molar-refractivity contribution in [2.24, 2.45) is 0 Å². The van der Waals surface area contributed by atoms with Crippen LogP contribution in [-0.2, 0) is 6.42 Å². The van der Waals surface area contributed by atoms with Gasteiger partial charge in [0.2, 0.25) is 0 Å². The van der Waals surface area contributed by atoms with Crippen molar-refractivity contribution in [3.63, 3.8) is 0 Å². The largest absolute Gasteiger partial charge is 0.353 e. The monoisotopic (exact) mass is 333 g/mol. The highest BCUT2D eigenvalue weighted by Crippen LogP contribution is 2.34. The maximum Gasteiger partial charge on any atom is 0.133 e. The normalized spacial score (nSPS) is 11.8. The third-order valence-corrected chi connectivity index (χ3v) is 4.12. The van der Waals surface area contributed by atoms with Gasteiger partial charge in [-0.1, -0.05) is 17.7 Å². The lowest BCUT2D eigenvalue weighted by Crippen LogP contribution is -1.96. The van der Waals surface area contributed by atoms with Gasteiger partial charge in [-0.2, -0.15) is 0 Å². The van der Waals surface area contributed by atoms with E-state index in [1.807, 2.05) is 12.1 Å². The van der Waals surface area contributed by atoms with E-state index >= 15 is 0 Å². The number of hydrogen-bond donors (Lipinski definition) is 1. The lowest BCUT2D eigenvalue weighted by atomic mass is 10.1. The Morgan fingerprint density at radius 3 is 2.77 bits per heavy atom. The molecular formula is C16H10Cl2FN3. The Balaban J connectivity index is 2.28. The molecule has 0 radical (unpaired) electrons. The first kappa shape index (κ1) is 13.7. The molecule has 1 N–H and O–H groups in total. The van der Waals surface area contributed by atoms with Crippen LogP contribution in [0.25, 0.3) is 32.8 Å². The molecule has 0 unspecified atom stereocenters. The summed E-state index contributed by atoms with van der Waals surface area (Å²) in [5.74, 6) is 0.123. The number of rotatable bonds is 2. The molecule has 0 aliphatic heterocycles. The fourth-order valence-corrected chi connectivity index (χ4v) is 3.17. The van der Waals surface area contributed by atoms with Crippen molar-refractivity contribution in [1.82, 2.24) is 15.0 Å². The molecule has 22 heavy (non-hydrogen) atoms. The molecule has 0 atom stereocenters.